The van der Waals surface area contributed by atoms with Crippen LogP contribution in [0.2, 0.25) is 0 Å². The van der Waals surface area contributed by atoms with Crippen LogP contribution in [0.3, 0.4) is 0 Å². The molecule has 2 rings (SSSR count). The lowest BCUT2D eigenvalue weighted by molar-refractivity contribution is 0.0943. The highest BCUT2D eigenvalue weighted by Gasteiger charge is 2.18. The van der Waals surface area contributed by atoms with E-state index in [0.717, 1.165) is 13.1 Å². The number of rotatable bonds is 5. The Bertz CT molecular complexity index is 425. The summed E-state index contributed by atoms with van der Waals surface area (Å²) >= 11 is 0. The maximum atomic E-state index is 9.73. The minimum absolute atomic E-state index is 0.388. The first-order valence-corrected chi connectivity index (χ1v) is 6.63. The molecule has 0 amide bonds. The topological polar surface area (TPSA) is 86.2 Å². The van der Waals surface area contributed by atoms with Gasteiger partial charge in [0.15, 0.2) is 0 Å². The molecule has 0 atom stereocenters. The molecule has 3 N–H and O–H groups in total. The van der Waals surface area contributed by atoms with Crippen molar-refractivity contribution in [3.05, 3.63) is 0 Å². The smallest absolute Gasteiger partial charge is 0.231 e. The van der Waals surface area contributed by atoms with Crippen molar-refractivity contribution in [3.8, 4) is 0 Å². The lowest BCUT2D eigenvalue weighted by Gasteiger charge is -2.19. The molecule has 1 aromatic rings. The zero-order valence-electron chi connectivity index (χ0n) is 11.8. The highest BCUT2D eigenvalue weighted by molar-refractivity contribution is 5.44. The molecule has 0 spiro atoms. The molecule has 0 aromatic carbocycles. The molecule has 1 aliphatic heterocycles. The van der Waals surface area contributed by atoms with Gasteiger partial charge in [0.2, 0.25) is 17.8 Å². The van der Waals surface area contributed by atoms with Crippen LogP contribution in [0.5, 0.6) is 0 Å². The minimum Gasteiger partial charge on any atom is -0.389 e. The van der Waals surface area contributed by atoms with Crippen molar-refractivity contribution >= 4 is 17.8 Å². The third-order valence-corrected chi connectivity index (χ3v) is 2.92. The summed E-state index contributed by atoms with van der Waals surface area (Å²) < 4.78 is 0. The molecule has 1 aliphatic rings. The van der Waals surface area contributed by atoms with Crippen molar-refractivity contribution in [2.24, 2.45) is 0 Å². The number of hydrogen-bond acceptors (Lipinski definition) is 7. The molecule has 7 nitrogen and oxygen atoms in total. The molecule has 0 radical (unpaired) electrons. The largest absolute Gasteiger partial charge is 0.389 e. The number of anilines is 3. The van der Waals surface area contributed by atoms with E-state index < -0.39 is 5.60 Å². The molecule has 0 bridgehead atoms. The molecule has 19 heavy (non-hydrogen) atoms. The Labute approximate surface area is 113 Å². The molecule has 0 unspecified atom stereocenters. The van der Waals surface area contributed by atoms with Gasteiger partial charge in [-0.1, -0.05) is 0 Å². The van der Waals surface area contributed by atoms with Gasteiger partial charge >= 0.3 is 0 Å². The van der Waals surface area contributed by atoms with Gasteiger partial charge in [-0.05, 0) is 26.7 Å². The fourth-order valence-corrected chi connectivity index (χ4v) is 1.91. The summed E-state index contributed by atoms with van der Waals surface area (Å²) in [6.07, 6.45) is 2.35. The van der Waals surface area contributed by atoms with Gasteiger partial charge < -0.3 is 20.6 Å². The number of hydrogen-bond donors (Lipinski definition) is 3. The van der Waals surface area contributed by atoms with Crippen LogP contribution in [0.1, 0.15) is 26.7 Å². The predicted molar refractivity (Wildman–Crippen MR) is 75.6 cm³/mol. The molecular formula is C12H22N6O. The molecule has 106 valence electrons. The van der Waals surface area contributed by atoms with Crippen molar-refractivity contribution in [1.82, 2.24) is 15.0 Å². The number of aliphatic hydroxyl groups is 1. The highest BCUT2D eigenvalue weighted by Crippen LogP contribution is 2.18. The van der Waals surface area contributed by atoms with Crippen LogP contribution < -0.4 is 15.5 Å². The Morgan fingerprint density at radius 1 is 1.16 bits per heavy atom. The van der Waals surface area contributed by atoms with Crippen LogP contribution in [0.25, 0.3) is 0 Å². The van der Waals surface area contributed by atoms with Gasteiger partial charge in [-0.15, -0.1) is 0 Å². The third kappa shape index (κ3) is 3.92. The van der Waals surface area contributed by atoms with Crippen LogP contribution in [-0.4, -0.2) is 52.3 Å². The van der Waals surface area contributed by atoms with Crippen LogP contribution in [0.4, 0.5) is 17.8 Å². The first kappa shape index (κ1) is 13.8. The van der Waals surface area contributed by atoms with E-state index in [9.17, 15) is 5.11 Å². The second kappa shape index (κ2) is 5.56. The summed E-state index contributed by atoms with van der Waals surface area (Å²) in [5, 5.41) is 15.7. The van der Waals surface area contributed by atoms with Gasteiger partial charge in [0.1, 0.15) is 0 Å². The average molecular weight is 266 g/mol. The Kier molecular flexibility index (Phi) is 4.04. The first-order valence-electron chi connectivity index (χ1n) is 6.63. The van der Waals surface area contributed by atoms with Gasteiger partial charge in [-0.25, -0.2) is 0 Å². The summed E-state index contributed by atoms with van der Waals surface area (Å²) in [7, 11) is 1.78. The summed E-state index contributed by atoms with van der Waals surface area (Å²) in [6, 6.07) is 0. The number of aromatic nitrogens is 3. The van der Waals surface area contributed by atoms with Crippen molar-refractivity contribution in [2.75, 3.05) is 42.2 Å². The SMILES string of the molecule is CNc1nc(NCC(C)(C)O)nc(N2CCCC2)n1. The standard InChI is InChI=1S/C12H22N6O/c1-12(2,19)8-14-10-15-9(13-3)16-11(17-10)18-6-4-5-7-18/h19H,4-8H2,1-3H3,(H2,13,14,15,16,17). The molecule has 1 aromatic heterocycles. The van der Waals surface area contributed by atoms with Gasteiger partial charge in [-0.2, -0.15) is 15.0 Å². The van der Waals surface area contributed by atoms with Crippen LogP contribution in [0.15, 0.2) is 0 Å². The van der Waals surface area contributed by atoms with E-state index in [1.54, 1.807) is 20.9 Å². The first-order chi connectivity index (χ1) is 8.98. The Morgan fingerprint density at radius 3 is 2.37 bits per heavy atom. The Balaban J connectivity index is 2.15. The zero-order valence-corrected chi connectivity index (χ0v) is 11.8. The fourth-order valence-electron chi connectivity index (χ4n) is 1.91. The van der Waals surface area contributed by atoms with Crippen molar-refractivity contribution in [1.29, 1.82) is 0 Å². The van der Waals surface area contributed by atoms with Crippen LogP contribution in [-0.2, 0) is 0 Å². The van der Waals surface area contributed by atoms with Gasteiger partial charge in [0, 0.05) is 26.7 Å². The van der Waals surface area contributed by atoms with E-state index in [1.807, 2.05) is 0 Å². The molecular weight excluding hydrogens is 244 g/mol. The second-order valence-corrected chi connectivity index (χ2v) is 5.39. The monoisotopic (exact) mass is 266 g/mol. The number of nitrogens with one attached hydrogen (secondary N) is 2. The molecule has 0 saturated carbocycles. The molecule has 0 aliphatic carbocycles. The Morgan fingerprint density at radius 2 is 1.79 bits per heavy atom. The predicted octanol–water partition coefficient (Wildman–Crippen LogP) is 0.696. The second-order valence-electron chi connectivity index (χ2n) is 5.39. The van der Waals surface area contributed by atoms with Crippen molar-refractivity contribution in [2.45, 2.75) is 32.3 Å². The minimum atomic E-state index is -0.805. The molecule has 1 fully saturated rings. The fraction of sp³-hybridized carbons (Fsp3) is 0.750. The van der Waals surface area contributed by atoms with Crippen molar-refractivity contribution in [3.63, 3.8) is 0 Å². The third-order valence-electron chi connectivity index (χ3n) is 2.92. The summed E-state index contributed by atoms with van der Waals surface area (Å²) in [5.74, 6) is 1.72. The van der Waals surface area contributed by atoms with E-state index in [-0.39, 0.29) is 0 Å². The summed E-state index contributed by atoms with van der Waals surface area (Å²) in [4.78, 5) is 15.2. The van der Waals surface area contributed by atoms with E-state index in [4.69, 9.17) is 0 Å². The van der Waals surface area contributed by atoms with E-state index in [2.05, 4.69) is 30.5 Å². The van der Waals surface area contributed by atoms with Gasteiger partial charge in [0.05, 0.1) is 5.60 Å². The summed E-state index contributed by atoms with van der Waals surface area (Å²) in [5.41, 5.74) is -0.805. The van der Waals surface area contributed by atoms with E-state index in [1.165, 1.54) is 12.8 Å². The van der Waals surface area contributed by atoms with E-state index >= 15 is 0 Å². The average Bonchev–Trinajstić information content (AvgIpc) is 2.89. The molecule has 2 heterocycles. The lowest BCUT2D eigenvalue weighted by Crippen LogP contribution is -2.30. The zero-order chi connectivity index (χ0) is 13.9. The quantitative estimate of drug-likeness (QED) is 0.723. The van der Waals surface area contributed by atoms with Crippen molar-refractivity contribution < 1.29 is 5.11 Å². The maximum absolute atomic E-state index is 9.73. The number of nitrogens with zero attached hydrogens (tertiary/aromatic N) is 4. The maximum Gasteiger partial charge on any atom is 0.231 e. The summed E-state index contributed by atoms with van der Waals surface area (Å²) in [6.45, 7) is 5.83. The molecule has 7 heteroatoms. The molecule has 1 saturated heterocycles. The van der Waals surface area contributed by atoms with Gasteiger partial charge in [-0.3, -0.25) is 0 Å². The van der Waals surface area contributed by atoms with Crippen LogP contribution >= 0.6 is 0 Å². The lowest BCUT2D eigenvalue weighted by atomic mass is 10.1. The van der Waals surface area contributed by atoms with E-state index in [0.29, 0.717) is 24.4 Å². The van der Waals surface area contributed by atoms with Crippen LogP contribution in [0, 0.1) is 0 Å². The normalized spacial score (nSPS) is 15.7. The van der Waals surface area contributed by atoms with Gasteiger partial charge in [0.25, 0.3) is 0 Å². The Hall–Kier alpha value is -1.63. The highest BCUT2D eigenvalue weighted by atomic mass is 16.3.